The molecule has 0 radical (unpaired) electrons. The zero-order valence-corrected chi connectivity index (χ0v) is 15.3. The van der Waals surface area contributed by atoms with Crippen molar-refractivity contribution >= 4 is 28.2 Å². The summed E-state index contributed by atoms with van der Waals surface area (Å²) in [5.74, 6) is 0.212. The van der Waals surface area contributed by atoms with Gasteiger partial charge in [0, 0.05) is 10.8 Å². The molecular formula is C18H27NO3S. The van der Waals surface area contributed by atoms with Crippen molar-refractivity contribution in [2.75, 3.05) is 11.9 Å². The highest BCUT2D eigenvalue weighted by molar-refractivity contribution is 7.17. The number of anilines is 1. The molecule has 0 aliphatic heterocycles. The largest absolute Gasteiger partial charge is 0.462 e. The second-order valence-corrected chi connectivity index (χ2v) is 7.58. The fraction of sp³-hybridized carbons (Fsp3) is 0.667. The van der Waals surface area contributed by atoms with Gasteiger partial charge in [-0.2, -0.15) is 0 Å². The minimum absolute atomic E-state index is 0.0562. The lowest BCUT2D eigenvalue weighted by molar-refractivity contribution is -0.118. The summed E-state index contributed by atoms with van der Waals surface area (Å²) < 4.78 is 5.23. The lowest BCUT2D eigenvalue weighted by Gasteiger charge is -2.21. The second kappa shape index (κ2) is 7.95. The lowest BCUT2D eigenvalue weighted by atomic mass is 9.84. The molecule has 4 nitrogen and oxygen atoms in total. The Morgan fingerprint density at radius 3 is 2.70 bits per heavy atom. The Kier molecular flexibility index (Phi) is 6.22. The zero-order chi connectivity index (χ0) is 17.0. The number of carbonyl (C=O) groups excluding carboxylic acids is 2. The smallest absolute Gasteiger partial charge is 0.341 e. The van der Waals surface area contributed by atoms with E-state index in [1.165, 1.54) is 17.7 Å². The van der Waals surface area contributed by atoms with Crippen LogP contribution in [0, 0.1) is 11.8 Å². The lowest BCUT2D eigenvalue weighted by Crippen LogP contribution is -2.20. The Labute approximate surface area is 142 Å². The van der Waals surface area contributed by atoms with Gasteiger partial charge in [-0.15, -0.1) is 11.3 Å². The first-order valence-corrected chi connectivity index (χ1v) is 9.42. The van der Waals surface area contributed by atoms with E-state index in [1.807, 2.05) is 13.8 Å². The van der Waals surface area contributed by atoms with Gasteiger partial charge in [0.05, 0.1) is 12.2 Å². The Bertz CT molecular complexity index is 577. The highest BCUT2D eigenvalue weighted by atomic mass is 32.1. The van der Waals surface area contributed by atoms with Gasteiger partial charge in [0.15, 0.2) is 0 Å². The minimum atomic E-state index is -0.307. The van der Waals surface area contributed by atoms with E-state index < -0.39 is 0 Å². The van der Waals surface area contributed by atoms with Crippen LogP contribution in [0.25, 0.3) is 0 Å². The number of carbonyl (C=O) groups is 2. The zero-order valence-electron chi connectivity index (χ0n) is 14.5. The third-order valence-corrected chi connectivity index (χ3v) is 5.47. The Hall–Kier alpha value is -1.36. The summed E-state index contributed by atoms with van der Waals surface area (Å²) in [5, 5.41) is 3.60. The van der Waals surface area contributed by atoms with E-state index in [0.717, 1.165) is 24.8 Å². The van der Waals surface area contributed by atoms with Gasteiger partial charge >= 0.3 is 5.97 Å². The van der Waals surface area contributed by atoms with Gasteiger partial charge < -0.3 is 10.1 Å². The van der Waals surface area contributed by atoms with Crippen LogP contribution in [0.5, 0.6) is 0 Å². The average Bonchev–Trinajstić information content (AvgIpc) is 2.84. The van der Waals surface area contributed by atoms with E-state index in [2.05, 4.69) is 12.2 Å². The molecule has 1 unspecified atom stereocenters. The van der Waals surface area contributed by atoms with E-state index >= 15 is 0 Å². The molecule has 1 aliphatic rings. The fourth-order valence-corrected chi connectivity index (χ4v) is 4.43. The van der Waals surface area contributed by atoms with Crippen LogP contribution < -0.4 is 5.32 Å². The molecule has 128 valence electrons. The maximum Gasteiger partial charge on any atom is 0.341 e. The van der Waals surface area contributed by atoms with Crippen molar-refractivity contribution in [2.45, 2.75) is 59.8 Å². The third kappa shape index (κ3) is 4.14. The third-order valence-electron chi connectivity index (χ3n) is 4.30. The molecule has 1 aromatic rings. The molecule has 0 spiro atoms. The summed E-state index contributed by atoms with van der Waals surface area (Å²) in [6.45, 7) is 8.07. The predicted molar refractivity (Wildman–Crippen MR) is 94.2 cm³/mol. The van der Waals surface area contributed by atoms with E-state index in [4.69, 9.17) is 4.74 Å². The fourth-order valence-electron chi connectivity index (χ4n) is 3.07. The van der Waals surface area contributed by atoms with Crippen molar-refractivity contribution in [2.24, 2.45) is 11.8 Å². The summed E-state index contributed by atoms with van der Waals surface area (Å²) in [7, 11) is 0. The number of hydrogen-bond donors (Lipinski definition) is 1. The molecule has 0 fully saturated rings. The molecule has 0 saturated carbocycles. The standard InChI is InChI=1S/C18H27NO3S/c1-5-7-12-8-9-13-14(10-12)23-17(19-16(20)11(3)4)15(13)18(21)22-6-2/h11-12H,5-10H2,1-4H3,(H,19,20). The molecule has 1 aliphatic carbocycles. The first-order chi connectivity index (χ1) is 11.0. The molecule has 0 bridgehead atoms. The van der Waals surface area contributed by atoms with E-state index in [0.29, 0.717) is 23.1 Å². The molecule has 1 atom stereocenters. The molecular weight excluding hydrogens is 310 g/mol. The van der Waals surface area contributed by atoms with Gasteiger partial charge in [-0.1, -0.05) is 33.6 Å². The van der Waals surface area contributed by atoms with Gasteiger partial charge in [0.2, 0.25) is 5.91 Å². The van der Waals surface area contributed by atoms with Crippen molar-refractivity contribution in [3.63, 3.8) is 0 Å². The number of amides is 1. The number of thiophene rings is 1. The number of esters is 1. The first-order valence-electron chi connectivity index (χ1n) is 8.60. The van der Waals surface area contributed by atoms with Crippen LogP contribution in [0.3, 0.4) is 0 Å². The molecule has 1 aromatic heterocycles. The Morgan fingerprint density at radius 1 is 1.35 bits per heavy atom. The van der Waals surface area contributed by atoms with Gasteiger partial charge in [-0.3, -0.25) is 4.79 Å². The van der Waals surface area contributed by atoms with Crippen LogP contribution in [-0.2, 0) is 22.4 Å². The van der Waals surface area contributed by atoms with Crippen molar-refractivity contribution in [3.05, 3.63) is 16.0 Å². The van der Waals surface area contributed by atoms with E-state index in [1.54, 1.807) is 18.3 Å². The maximum atomic E-state index is 12.4. The van der Waals surface area contributed by atoms with Gasteiger partial charge in [-0.05, 0) is 37.7 Å². The molecule has 23 heavy (non-hydrogen) atoms. The predicted octanol–water partition coefficient (Wildman–Crippen LogP) is 4.42. The van der Waals surface area contributed by atoms with Crippen molar-refractivity contribution in [1.82, 2.24) is 0 Å². The van der Waals surface area contributed by atoms with Gasteiger partial charge in [0.1, 0.15) is 5.00 Å². The van der Waals surface area contributed by atoms with Crippen molar-refractivity contribution < 1.29 is 14.3 Å². The van der Waals surface area contributed by atoms with Crippen LogP contribution in [0.15, 0.2) is 0 Å². The summed E-state index contributed by atoms with van der Waals surface area (Å²) in [4.78, 5) is 25.7. The van der Waals surface area contributed by atoms with E-state index in [-0.39, 0.29) is 17.8 Å². The average molecular weight is 337 g/mol. The highest BCUT2D eigenvalue weighted by Gasteiger charge is 2.30. The molecule has 1 amide bonds. The molecule has 0 aromatic carbocycles. The summed E-state index contributed by atoms with van der Waals surface area (Å²) in [6.07, 6.45) is 5.44. The van der Waals surface area contributed by atoms with Crippen LogP contribution in [-0.4, -0.2) is 18.5 Å². The second-order valence-electron chi connectivity index (χ2n) is 6.47. The number of nitrogens with one attached hydrogen (secondary N) is 1. The molecule has 0 saturated heterocycles. The first kappa shape index (κ1) is 18.0. The van der Waals surface area contributed by atoms with Crippen LogP contribution in [0.4, 0.5) is 5.00 Å². The monoisotopic (exact) mass is 337 g/mol. The number of hydrogen-bond acceptors (Lipinski definition) is 4. The molecule has 5 heteroatoms. The highest BCUT2D eigenvalue weighted by Crippen LogP contribution is 2.41. The summed E-state index contributed by atoms with van der Waals surface area (Å²) in [6, 6.07) is 0. The molecule has 1 heterocycles. The van der Waals surface area contributed by atoms with Gasteiger partial charge in [-0.25, -0.2) is 4.79 Å². The van der Waals surface area contributed by atoms with Gasteiger partial charge in [0.25, 0.3) is 0 Å². The van der Waals surface area contributed by atoms with Crippen molar-refractivity contribution in [3.8, 4) is 0 Å². The summed E-state index contributed by atoms with van der Waals surface area (Å²) in [5.41, 5.74) is 1.69. The van der Waals surface area contributed by atoms with E-state index in [9.17, 15) is 9.59 Å². The van der Waals surface area contributed by atoms with Crippen LogP contribution >= 0.6 is 11.3 Å². The number of rotatable bonds is 6. The Balaban J connectivity index is 2.33. The normalized spacial score (nSPS) is 17.0. The van der Waals surface area contributed by atoms with Crippen LogP contribution in [0.2, 0.25) is 0 Å². The molecule has 1 N–H and O–H groups in total. The SMILES string of the molecule is CCCC1CCc2c(sc(NC(=O)C(C)C)c2C(=O)OCC)C1. The van der Waals surface area contributed by atoms with Crippen LogP contribution in [0.1, 0.15) is 67.8 Å². The minimum Gasteiger partial charge on any atom is -0.462 e. The topological polar surface area (TPSA) is 55.4 Å². The quantitative estimate of drug-likeness (QED) is 0.782. The molecule has 2 rings (SSSR count). The van der Waals surface area contributed by atoms with Crippen molar-refractivity contribution in [1.29, 1.82) is 0 Å². The number of fused-ring (bicyclic) bond motifs is 1. The number of ether oxygens (including phenoxy) is 1. The summed E-state index contributed by atoms with van der Waals surface area (Å²) >= 11 is 1.56. The Morgan fingerprint density at radius 2 is 2.09 bits per heavy atom. The maximum absolute atomic E-state index is 12.4.